The molecule has 0 atom stereocenters. The van der Waals surface area contributed by atoms with E-state index in [0.717, 1.165) is 42.5 Å². The summed E-state index contributed by atoms with van der Waals surface area (Å²) < 4.78 is 1.99. The number of aromatic nitrogens is 2. The molecule has 0 bridgehead atoms. The smallest absolute Gasteiger partial charge is 0.137 e. The summed E-state index contributed by atoms with van der Waals surface area (Å²) in [5.41, 5.74) is 2.06. The Hall–Kier alpha value is -1.10. The topological polar surface area (TPSA) is 32.6 Å². The maximum atomic E-state index is 5.98. The van der Waals surface area contributed by atoms with E-state index < -0.39 is 0 Å². The maximum Gasteiger partial charge on any atom is 0.137 e. The van der Waals surface area contributed by atoms with Crippen LogP contribution in [0.4, 0.5) is 0 Å². The summed E-state index contributed by atoms with van der Waals surface area (Å²) in [7, 11) is 0. The number of nitrogens with one attached hydrogen (secondary N) is 1. The molecule has 2 aromatic rings. The van der Waals surface area contributed by atoms with E-state index in [9.17, 15) is 0 Å². The van der Waals surface area contributed by atoms with Crippen LogP contribution in [0.1, 0.15) is 12.6 Å². The van der Waals surface area contributed by atoms with Gasteiger partial charge in [0.15, 0.2) is 0 Å². The molecular weight excluding hydrogens is 248 g/mol. The molecule has 1 N–H and O–H groups in total. The van der Waals surface area contributed by atoms with E-state index in [4.69, 9.17) is 11.6 Å². The lowest BCUT2D eigenvalue weighted by Crippen LogP contribution is -2.56. The zero-order valence-corrected chi connectivity index (χ0v) is 11.2. The fourth-order valence-corrected chi connectivity index (χ4v) is 2.50. The molecule has 0 aromatic carbocycles. The molecule has 1 aliphatic heterocycles. The van der Waals surface area contributed by atoms with Crippen molar-refractivity contribution in [3.8, 4) is 0 Å². The maximum absolute atomic E-state index is 5.98. The highest BCUT2D eigenvalue weighted by atomic mass is 35.5. The van der Waals surface area contributed by atoms with E-state index in [0.29, 0.717) is 6.04 Å². The number of likely N-dealkylation sites (N-methyl/N-ethyl adjacent to an activating group) is 1. The van der Waals surface area contributed by atoms with Gasteiger partial charge in [-0.2, -0.15) is 0 Å². The molecule has 3 heterocycles. The first-order chi connectivity index (χ1) is 8.76. The number of pyridine rings is 1. The number of hydrogen-bond donors (Lipinski definition) is 1. The largest absolute Gasteiger partial charge is 0.314 e. The zero-order valence-electron chi connectivity index (χ0n) is 10.4. The number of halogens is 1. The van der Waals surface area contributed by atoms with E-state index in [1.807, 2.05) is 22.7 Å². The van der Waals surface area contributed by atoms with E-state index in [1.165, 1.54) is 0 Å². The molecule has 0 spiro atoms. The third-order valence-corrected chi connectivity index (χ3v) is 3.74. The van der Waals surface area contributed by atoms with Gasteiger partial charge in [0.25, 0.3) is 0 Å². The van der Waals surface area contributed by atoms with Gasteiger partial charge in [-0.1, -0.05) is 18.5 Å². The monoisotopic (exact) mass is 264 g/mol. The molecule has 1 fully saturated rings. The highest BCUT2D eigenvalue weighted by Gasteiger charge is 2.23. The molecule has 0 radical (unpaired) electrons. The van der Waals surface area contributed by atoms with Crippen LogP contribution in [0.5, 0.6) is 0 Å². The van der Waals surface area contributed by atoms with Gasteiger partial charge < -0.3 is 9.72 Å². The third kappa shape index (κ3) is 2.23. The predicted molar refractivity (Wildman–Crippen MR) is 72.9 cm³/mol. The summed E-state index contributed by atoms with van der Waals surface area (Å²) in [6, 6.07) is 4.48. The van der Waals surface area contributed by atoms with Crippen molar-refractivity contribution in [3.05, 3.63) is 35.2 Å². The van der Waals surface area contributed by atoms with Crippen molar-refractivity contribution in [1.82, 2.24) is 19.6 Å². The van der Waals surface area contributed by atoms with Gasteiger partial charge in [-0.05, 0) is 18.7 Å². The number of rotatable bonds is 4. The minimum absolute atomic E-state index is 0.656. The normalized spacial score (nSPS) is 16.4. The summed E-state index contributed by atoms with van der Waals surface area (Å²) in [4.78, 5) is 7.08. The summed E-state index contributed by atoms with van der Waals surface area (Å²) in [5.74, 6) is 0. The molecule has 1 saturated heterocycles. The minimum atomic E-state index is 0.656. The molecule has 4 nitrogen and oxygen atoms in total. The van der Waals surface area contributed by atoms with Crippen LogP contribution in [0, 0.1) is 0 Å². The summed E-state index contributed by atoms with van der Waals surface area (Å²) in [6.07, 6.45) is 3.96. The molecule has 2 aromatic heterocycles. The first-order valence-corrected chi connectivity index (χ1v) is 6.72. The van der Waals surface area contributed by atoms with Crippen LogP contribution in [0.3, 0.4) is 0 Å². The molecule has 18 heavy (non-hydrogen) atoms. The van der Waals surface area contributed by atoms with E-state index in [-0.39, 0.29) is 0 Å². The number of hydrogen-bond acceptors (Lipinski definition) is 3. The van der Waals surface area contributed by atoms with Gasteiger partial charge >= 0.3 is 0 Å². The van der Waals surface area contributed by atoms with Gasteiger partial charge in [-0.25, -0.2) is 4.98 Å². The SMILES string of the molecule is CCN(Cc1cn2cc(Cl)ccc2n1)C1CNC1. The van der Waals surface area contributed by atoms with Crippen molar-refractivity contribution in [2.75, 3.05) is 19.6 Å². The van der Waals surface area contributed by atoms with Gasteiger partial charge in [-0.3, -0.25) is 4.90 Å². The summed E-state index contributed by atoms with van der Waals surface area (Å²) >= 11 is 5.98. The fraction of sp³-hybridized carbons (Fsp3) is 0.462. The molecule has 3 rings (SSSR count). The lowest BCUT2D eigenvalue weighted by atomic mass is 10.1. The third-order valence-electron chi connectivity index (χ3n) is 3.51. The van der Waals surface area contributed by atoms with Crippen LogP contribution in [-0.2, 0) is 6.54 Å². The van der Waals surface area contributed by atoms with Crippen molar-refractivity contribution >= 4 is 17.2 Å². The minimum Gasteiger partial charge on any atom is -0.314 e. The second-order valence-corrected chi connectivity index (χ2v) is 5.16. The molecule has 1 aliphatic rings. The predicted octanol–water partition coefficient (Wildman–Crippen LogP) is 1.78. The van der Waals surface area contributed by atoms with Crippen LogP contribution >= 0.6 is 11.6 Å². The standard InChI is InChI=1S/C13H17ClN4/c1-2-17(12-5-15-6-12)8-11-9-18-7-10(14)3-4-13(18)16-11/h3-4,7,9,12,15H,2,5-6,8H2,1H3. The Kier molecular flexibility index (Phi) is 3.24. The Labute approximate surface area is 112 Å². The van der Waals surface area contributed by atoms with Crippen LogP contribution in [-0.4, -0.2) is 40.0 Å². The average Bonchev–Trinajstić information content (AvgIpc) is 2.67. The second kappa shape index (κ2) is 4.88. The van der Waals surface area contributed by atoms with Gasteiger partial charge in [0.05, 0.1) is 10.7 Å². The molecule has 0 unspecified atom stereocenters. The lowest BCUT2D eigenvalue weighted by Gasteiger charge is -2.37. The summed E-state index contributed by atoms with van der Waals surface area (Å²) in [5, 5.41) is 4.05. The molecule has 5 heteroatoms. The Morgan fingerprint density at radius 2 is 2.28 bits per heavy atom. The first-order valence-electron chi connectivity index (χ1n) is 6.34. The fourth-order valence-electron chi connectivity index (χ4n) is 2.33. The van der Waals surface area contributed by atoms with Crippen molar-refractivity contribution in [1.29, 1.82) is 0 Å². The highest BCUT2D eigenvalue weighted by molar-refractivity contribution is 6.30. The average molecular weight is 265 g/mol. The molecule has 96 valence electrons. The van der Waals surface area contributed by atoms with E-state index in [1.54, 1.807) is 0 Å². The van der Waals surface area contributed by atoms with Gasteiger partial charge in [0, 0.05) is 38.1 Å². The number of nitrogens with zero attached hydrogens (tertiary/aromatic N) is 3. The van der Waals surface area contributed by atoms with Crippen LogP contribution in [0.2, 0.25) is 5.02 Å². The Morgan fingerprint density at radius 3 is 2.94 bits per heavy atom. The Bertz CT molecular complexity index is 547. The van der Waals surface area contributed by atoms with Crippen molar-refractivity contribution < 1.29 is 0 Å². The van der Waals surface area contributed by atoms with E-state index in [2.05, 4.69) is 28.3 Å². The molecule has 0 amide bonds. The van der Waals surface area contributed by atoms with Crippen molar-refractivity contribution in [2.24, 2.45) is 0 Å². The molecule has 0 aliphatic carbocycles. The van der Waals surface area contributed by atoms with Crippen LogP contribution in [0.25, 0.3) is 5.65 Å². The highest BCUT2D eigenvalue weighted by Crippen LogP contribution is 2.14. The van der Waals surface area contributed by atoms with Gasteiger partial charge in [-0.15, -0.1) is 0 Å². The van der Waals surface area contributed by atoms with Gasteiger partial charge in [0.2, 0.25) is 0 Å². The zero-order chi connectivity index (χ0) is 12.5. The van der Waals surface area contributed by atoms with E-state index >= 15 is 0 Å². The molecular formula is C13H17ClN4. The molecule has 0 saturated carbocycles. The van der Waals surface area contributed by atoms with Crippen LogP contribution in [0.15, 0.2) is 24.5 Å². The quantitative estimate of drug-likeness (QED) is 0.914. The van der Waals surface area contributed by atoms with Gasteiger partial charge in [0.1, 0.15) is 5.65 Å². The van der Waals surface area contributed by atoms with Crippen molar-refractivity contribution in [2.45, 2.75) is 19.5 Å². The first kappa shape index (κ1) is 12.0. The Morgan fingerprint density at radius 1 is 1.44 bits per heavy atom. The van der Waals surface area contributed by atoms with Crippen molar-refractivity contribution in [3.63, 3.8) is 0 Å². The van der Waals surface area contributed by atoms with Crippen LogP contribution < -0.4 is 5.32 Å². The second-order valence-electron chi connectivity index (χ2n) is 4.72. The number of fused-ring (bicyclic) bond motifs is 1. The lowest BCUT2D eigenvalue weighted by molar-refractivity contribution is 0.144. The Balaban J connectivity index is 1.80. The number of imidazole rings is 1. The summed E-state index contributed by atoms with van der Waals surface area (Å²) in [6.45, 7) is 6.34.